The second-order valence-corrected chi connectivity index (χ2v) is 7.55. The van der Waals surface area contributed by atoms with Crippen molar-refractivity contribution in [1.29, 1.82) is 0 Å². The minimum atomic E-state index is 0.811. The number of imidazole rings is 1. The number of guanidine groups is 1. The number of pyridine rings is 1. The fraction of sp³-hybridized carbons (Fsp3) is 0.391. The summed E-state index contributed by atoms with van der Waals surface area (Å²) in [5.41, 5.74) is 4.53. The molecule has 30 heavy (non-hydrogen) atoms. The first-order valence-corrected chi connectivity index (χ1v) is 10.5. The highest BCUT2D eigenvalue weighted by molar-refractivity contribution is 5.80. The Morgan fingerprint density at radius 1 is 1.17 bits per heavy atom. The number of ether oxygens (including phenoxy) is 1. The highest BCUT2D eigenvalue weighted by Gasteiger charge is 2.20. The minimum absolute atomic E-state index is 0.811. The van der Waals surface area contributed by atoms with Crippen molar-refractivity contribution in [3.8, 4) is 5.75 Å². The van der Waals surface area contributed by atoms with Gasteiger partial charge in [0, 0.05) is 70.3 Å². The molecule has 7 heteroatoms. The fourth-order valence-corrected chi connectivity index (χ4v) is 3.94. The van der Waals surface area contributed by atoms with Crippen LogP contribution in [0.2, 0.25) is 0 Å². The number of nitrogens with zero attached hydrogens (tertiary/aromatic N) is 5. The van der Waals surface area contributed by atoms with Gasteiger partial charge >= 0.3 is 0 Å². The van der Waals surface area contributed by atoms with Gasteiger partial charge in [0.25, 0.3) is 0 Å². The van der Waals surface area contributed by atoms with Gasteiger partial charge in [-0.05, 0) is 30.7 Å². The Labute approximate surface area is 178 Å². The third-order valence-corrected chi connectivity index (χ3v) is 5.60. The Morgan fingerprint density at radius 3 is 2.73 bits per heavy atom. The van der Waals surface area contributed by atoms with Gasteiger partial charge in [-0.3, -0.25) is 4.99 Å². The molecule has 1 aliphatic rings. The first kappa shape index (κ1) is 20.1. The van der Waals surface area contributed by atoms with Crippen LogP contribution >= 0.6 is 0 Å². The quantitative estimate of drug-likeness (QED) is 0.521. The average Bonchev–Trinajstić information content (AvgIpc) is 3.21. The van der Waals surface area contributed by atoms with E-state index in [-0.39, 0.29) is 0 Å². The van der Waals surface area contributed by atoms with E-state index in [2.05, 4.69) is 61.9 Å². The molecular formula is C23H30N6O. The summed E-state index contributed by atoms with van der Waals surface area (Å²) in [5, 5.41) is 3.51. The van der Waals surface area contributed by atoms with Gasteiger partial charge in [0.15, 0.2) is 5.96 Å². The third-order valence-electron chi connectivity index (χ3n) is 5.60. The van der Waals surface area contributed by atoms with Crippen molar-refractivity contribution in [1.82, 2.24) is 19.6 Å². The van der Waals surface area contributed by atoms with Crippen molar-refractivity contribution in [2.24, 2.45) is 4.99 Å². The predicted molar refractivity (Wildman–Crippen MR) is 122 cm³/mol. The third kappa shape index (κ3) is 4.35. The number of aliphatic imine (C=N–C) groups is 1. The van der Waals surface area contributed by atoms with Gasteiger partial charge in [0.05, 0.1) is 12.8 Å². The zero-order valence-corrected chi connectivity index (χ0v) is 18.0. The van der Waals surface area contributed by atoms with Crippen LogP contribution in [-0.4, -0.2) is 67.1 Å². The maximum atomic E-state index is 5.36. The van der Waals surface area contributed by atoms with Gasteiger partial charge in [0.1, 0.15) is 11.4 Å². The Bertz CT molecular complexity index is 1020. The molecule has 1 aromatic carbocycles. The molecule has 4 rings (SSSR count). The molecule has 0 spiro atoms. The van der Waals surface area contributed by atoms with Crippen LogP contribution in [0.1, 0.15) is 11.3 Å². The second-order valence-electron chi connectivity index (χ2n) is 7.55. The SMILES string of the molecule is CN=C(NCCc1cn2cccc(C)c2n1)N1CCN(c2cccc(OC)c2)CC1. The predicted octanol–water partition coefficient (Wildman–Crippen LogP) is 2.59. The van der Waals surface area contributed by atoms with E-state index in [1.165, 1.54) is 11.3 Å². The molecular weight excluding hydrogens is 376 g/mol. The first-order chi connectivity index (χ1) is 14.7. The van der Waals surface area contributed by atoms with E-state index in [0.717, 1.165) is 62.2 Å². The number of fused-ring (bicyclic) bond motifs is 1. The van der Waals surface area contributed by atoms with Gasteiger partial charge in [-0.2, -0.15) is 0 Å². The summed E-state index contributed by atoms with van der Waals surface area (Å²) in [6.07, 6.45) is 5.02. The maximum absolute atomic E-state index is 5.36. The molecule has 0 saturated carbocycles. The first-order valence-electron chi connectivity index (χ1n) is 10.5. The molecule has 3 heterocycles. The number of piperazine rings is 1. The van der Waals surface area contributed by atoms with Crippen LogP contribution < -0.4 is 15.0 Å². The molecule has 1 aliphatic heterocycles. The van der Waals surface area contributed by atoms with E-state index in [4.69, 9.17) is 9.72 Å². The number of aryl methyl sites for hydroxylation is 1. The van der Waals surface area contributed by atoms with Gasteiger partial charge in [-0.25, -0.2) is 4.98 Å². The molecule has 1 fully saturated rings. The van der Waals surface area contributed by atoms with Crippen LogP contribution in [0.5, 0.6) is 5.75 Å². The molecule has 0 amide bonds. The van der Waals surface area contributed by atoms with E-state index in [0.29, 0.717) is 0 Å². The van der Waals surface area contributed by atoms with Crippen LogP contribution in [0.4, 0.5) is 5.69 Å². The minimum Gasteiger partial charge on any atom is -0.497 e. The largest absolute Gasteiger partial charge is 0.497 e. The summed E-state index contributed by atoms with van der Waals surface area (Å²) in [6, 6.07) is 12.4. The molecule has 0 aliphatic carbocycles. The summed E-state index contributed by atoms with van der Waals surface area (Å²) in [5.74, 6) is 1.86. The Hall–Kier alpha value is -3.22. The van der Waals surface area contributed by atoms with E-state index in [1.807, 2.05) is 25.4 Å². The molecule has 0 atom stereocenters. The zero-order valence-electron chi connectivity index (χ0n) is 18.0. The van der Waals surface area contributed by atoms with Crippen molar-refractivity contribution in [2.75, 3.05) is 51.8 Å². The molecule has 158 valence electrons. The van der Waals surface area contributed by atoms with E-state index in [1.54, 1.807) is 7.11 Å². The van der Waals surface area contributed by atoms with Crippen LogP contribution in [-0.2, 0) is 6.42 Å². The Morgan fingerprint density at radius 2 is 2.00 bits per heavy atom. The van der Waals surface area contributed by atoms with Crippen molar-refractivity contribution >= 4 is 17.3 Å². The maximum Gasteiger partial charge on any atom is 0.193 e. The number of rotatable bonds is 5. The normalized spacial score (nSPS) is 15.0. The average molecular weight is 407 g/mol. The summed E-state index contributed by atoms with van der Waals surface area (Å²) in [4.78, 5) is 14.0. The summed E-state index contributed by atoms with van der Waals surface area (Å²) >= 11 is 0. The number of hydrogen-bond donors (Lipinski definition) is 1. The summed E-state index contributed by atoms with van der Waals surface area (Å²) < 4.78 is 7.45. The number of hydrogen-bond acceptors (Lipinski definition) is 4. The van der Waals surface area contributed by atoms with Gasteiger partial charge in [0.2, 0.25) is 0 Å². The lowest BCUT2D eigenvalue weighted by Gasteiger charge is -2.37. The number of nitrogens with one attached hydrogen (secondary N) is 1. The monoisotopic (exact) mass is 406 g/mol. The molecule has 0 bridgehead atoms. The van der Waals surface area contributed by atoms with Crippen molar-refractivity contribution in [2.45, 2.75) is 13.3 Å². The van der Waals surface area contributed by atoms with Gasteiger partial charge < -0.3 is 24.3 Å². The molecule has 0 unspecified atom stereocenters. The topological polar surface area (TPSA) is 57.4 Å². The molecule has 0 radical (unpaired) electrons. The van der Waals surface area contributed by atoms with Crippen molar-refractivity contribution in [3.63, 3.8) is 0 Å². The standard InChI is InChI=1S/C23H30N6O/c1-18-6-5-11-29-17-19(26-22(18)29)9-10-25-23(24-2)28-14-12-27(13-15-28)20-7-4-8-21(16-20)30-3/h4-8,11,16-17H,9-10,12-15H2,1-3H3,(H,24,25). The van der Waals surface area contributed by atoms with Crippen LogP contribution in [0.3, 0.4) is 0 Å². The fourth-order valence-electron chi connectivity index (χ4n) is 3.94. The molecule has 1 saturated heterocycles. The van der Waals surface area contributed by atoms with Crippen molar-refractivity contribution < 1.29 is 4.74 Å². The lowest BCUT2D eigenvalue weighted by molar-refractivity contribution is 0.372. The van der Waals surface area contributed by atoms with E-state index < -0.39 is 0 Å². The van der Waals surface area contributed by atoms with Gasteiger partial charge in [-0.1, -0.05) is 12.1 Å². The number of benzene rings is 1. The highest BCUT2D eigenvalue weighted by Crippen LogP contribution is 2.22. The van der Waals surface area contributed by atoms with E-state index in [9.17, 15) is 0 Å². The molecule has 7 nitrogen and oxygen atoms in total. The zero-order chi connectivity index (χ0) is 20.9. The lowest BCUT2D eigenvalue weighted by Crippen LogP contribution is -2.52. The van der Waals surface area contributed by atoms with Gasteiger partial charge in [-0.15, -0.1) is 0 Å². The molecule has 3 aromatic rings. The number of anilines is 1. The number of aromatic nitrogens is 2. The Balaban J connectivity index is 1.30. The highest BCUT2D eigenvalue weighted by atomic mass is 16.5. The molecule has 1 N–H and O–H groups in total. The Kier molecular flexibility index (Phi) is 6.07. The molecule has 2 aromatic heterocycles. The van der Waals surface area contributed by atoms with E-state index >= 15 is 0 Å². The number of methoxy groups -OCH3 is 1. The van der Waals surface area contributed by atoms with Crippen LogP contribution in [0, 0.1) is 6.92 Å². The summed E-state index contributed by atoms with van der Waals surface area (Å²) in [6.45, 7) is 6.69. The second kappa shape index (κ2) is 9.07. The smallest absolute Gasteiger partial charge is 0.193 e. The van der Waals surface area contributed by atoms with Crippen molar-refractivity contribution in [3.05, 3.63) is 60.0 Å². The lowest BCUT2D eigenvalue weighted by atomic mass is 10.2. The summed E-state index contributed by atoms with van der Waals surface area (Å²) in [7, 11) is 3.56. The van der Waals surface area contributed by atoms with Crippen LogP contribution in [0.25, 0.3) is 5.65 Å². The van der Waals surface area contributed by atoms with Crippen LogP contribution in [0.15, 0.2) is 53.8 Å².